The molecule has 0 bridgehead atoms. The number of aromatic hydroxyl groups is 2. The number of esters is 1. The lowest BCUT2D eigenvalue weighted by atomic mass is 9.77. The lowest BCUT2D eigenvalue weighted by molar-refractivity contribution is -0.121. The number of H-pyrrole nitrogens is 1. The lowest BCUT2D eigenvalue weighted by Crippen LogP contribution is -2.38. The number of phosphoric ester groups is 1. The Morgan fingerprint density at radius 3 is 2.15 bits per heavy atom. The van der Waals surface area contributed by atoms with Gasteiger partial charge in [-0.25, -0.2) is 23.3 Å². The summed E-state index contributed by atoms with van der Waals surface area (Å²) >= 11 is 0. The molecule has 68 heavy (non-hydrogen) atoms. The van der Waals surface area contributed by atoms with Gasteiger partial charge in [0.15, 0.2) is 11.8 Å². The van der Waals surface area contributed by atoms with E-state index < -0.39 is 83.3 Å². The number of benzene rings is 3. The predicted octanol–water partition coefficient (Wildman–Crippen LogP) is 1.60. The minimum absolute atomic E-state index is 0.0627. The van der Waals surface area contributed by atoms with Crippen LogP contribution in [0.15, 0.2) is 76.5 Å². The highest BCUT2D eigenvalue weighted by molar-refractivity contribution is 7.66. The normalized spacial score (nSPS) is 20.9. The number of aliphatic hydroxyl groups excluding tert-OH is 2. The zero-order valence-corrected chi connectivity index (χ0v) is 37.5. The molecule has 4 aromatic rings. The molecule has 1 spiro atoms. The number of hydrogen-bond acceptors (Lipinski definition) is 18. The van der Waals surface area contributed by atoms with Crippen molar-refractivity contribution in [2.24, 2.45) is 0 Å². The van der Waals surface area contributed by atoms with Crippen LogP contribution in [0.4, 0.5) is 0 Å². The lowest BCUT2D eigenvalue weighted by Gasteiger charge is -2.36. The van der Waals surface area contributed by atoms with E-state index in [1.807, 2.05) is 4.98 Å². The molecule has 364 valence electrons. The van der Waals surface area contributed by atoms with Crippen LogP contribution >= 0.6 is 23.5 Å². The van der Waals surface area contributed by atoms with Crippen LogP contribution in [0.3, 0.4) is 0 Å². The van der Waals surface area contributed by atoms with Crippen LogP contribution in [0.2, 0.25) is 0 Å². The molecule has 0 aliphatic carbocycles. The molecule has 3 aliphatic heterocycles. The number of phenolic OH excluding ortho intramolecular Hbond substituents is 2. The van der Waals surface area contributed by atoms with Crippen molar-refractivity contribution in [2.45, 2.75) is 55.8 Å². The van der Waals surface area contributed by atoms with E-state index in [0.717, 1.165) is 6.20 Å². The number of carbonyl (C=O) groups is 3. The van der Waals surface area contributed by atoms with Crippen molar-refractivity contribution in [3.63, 3.8) is 0 Å². The molecule has 29 heteroatoms. The Kier molecular flexibility index (Phi) is 14.5. The summed E-state index contributed by atoms with van der Waals surface area (Å²) in [5.74, 6) is -1.25. The number of fused-ring (bicyclic) bond motifs is 6. The zero-order chi connectivity index (χ0) is 49.3. The Morgan fingerprint density at radius 1 is 0.824 bits per heavy atom. The number of rotatable bonds is 18. The summed E-state index contributed by atoms with van der Waals surface area (Å²) in [6.45, 7) is -0.960. The van der Waals surface area contributed by atoms with Gasteiger partial charge in [-0.1, -0.05) is 24.6 Å². The fourth-order valence-corrected chi connectivity index (χ4v) is 10.6. The molecule has 11 N–H and O–H groups in total. The number of unbranched alkanes of at least 4 members (excludes halogenated alkanes) is 2. The Balaban J connectivity index is 0.858. The SMILES string of the molecule is O=C(CCCCCNC(=O)c1ccc2c(c1)C(=O)OC21c2ccc(O)cc2Oc2cc(O)ccc21)NC/C=C/c1cn([C@@H]2O[C@H](COP(=O)(O)OP(=O)(O)OP(=O)(O)O)[C@@H](O)[C@H]2O)c(=O)[nH]c1=O. The van der Waals surface area contributed by atoms with E-state index in [4.69, 9.17) is 24.0 Å². The molecule has 0 radical (unpaired) electrons. The summed E-state index contributed by atoms with van der Waals surface area (Å²) in [6.07, 6.45) is -2.13. The van der Waals surface area contributed by atoms with Gasteiger partial charge in [0, 0.05) is 60.1 Å². The third kappa shape index (κ3) is 11.0. The molecule has 3 aliphatic rings. The number of amides is 2. The Bertz CT molecular complexity index is 2900. The number of aromatic amines is 1. The Morgan fingerprint density at radius 2 is 1.49 bits per heavy atom. The maximum atomic E-state index is 13.4. The number of nitrogens with zero attached hydrogens (tertiary/aromatic N) is 1. The summed E-state index contributed by atoms with van der Waals surface area (Å²) < 4.78 is 64.1. The van der Waals surface area contributed by atoms with Gasteiger partial charge in [0.25, 0.3) is 11.5 Å². The highest BCUT2D eigenvalue weighted by Gasteiger charge is 2.54. The zero-order valence-electron chi connectivity index (χ0n) is 34.8. The van der Waals surface area contributed by atoms with E-state index in [1.54, 1.807) is 24.3 Å². The highest BCUT2D eigenvalue weighted by Crippen LogP contribution is 2.66. The molecule has 2 amide bonds. The molecule has 26 nitrogen and oxygen atoms in total. The fourth-order valence-electron chi connectivity index (χ4n) is 7.56. The number of nitrogens with one attached hydrogen (secondary N) is 3. The average molecular weight is 1010 g/mol. The largest absolute Gasteiger partial charge is 0.508 e. The Hall–Kier alpha value is -5.82. The minimum Gasteiger partial charge on any atom is -0.508 e. The third-order valence-corrected chi connectivity index (χ3v) is 14.3. The van der Waals surface area contributed by atoms with Crippen LogP contribution in [0.25, 0.3) is 6.08 Å². The maximum Gasteiger partial charge on any atom is 0.490 e. The molecule has 1 fully saturated rings. The average Bonchev–Trinajstić information content (AvgIpc) is 3.69. The molecular weight excluding hydrogens is 969 g/mol. The first kappa shape index (κ1) is 50.1. The van der Waals surface area contributed by atoms with E-state index in [0.29, 0.717) is 40.5 Å². The van der Waals surface area contributed by atoms with Crippen molar-refractivity contribution in [3.05, 3.63) is 121 Å². The van der Waals surface area contributed by atoms with Crippen molar-refractivity contribution in [1.29, 1.82) is 0 Å². The summed E-state index contributed by atoms with van der Waals surface area (Å²) in [6, 6.07) is 13.3. The van der Waals surface area contributed by atoms with Crippen molar-refractivity contribution in [3.8, 4) is 23.0 Å². The van der Waals surface area contributed by atoms with Crippen LogP contribution in [-0.4, -0.2) is 105 Å². The van der Waals surface area contributed by atoms with Crippen molar-refractivity contribution < 1.29 is 95.4 Å². The second-order valence-corrected chi connectivity index (χ2v) is 19.7. The van der Waals surface area contributed by atoms with Crippen molar-refractivity contribution >= 4 is 47.3 Å². The molecule has 1 saturated heterocycles. The Labute approximate surface area is 381 Å². The number of aromatic nitrogens is 2. The summed E-state index contributed by atoms with van der Waals surface area (Å²) in [5, 5.41) is 46.7. The van der Waals surface area contributed by atoms with Gasteiger partial charge >= 0.3 is 35.1 Å². The van der Waals surface area contributed by atoms with Gasteiger partial charge in [0.2, 0.25) is 5.91 Å². The fraction of sp³-hybridized carbons (Fsp3) is 0.308. The molecule has 2 unspecified atom stereocenters. The van der Waals surface area contributed by atoms with Crippen LogP contribution in [-0.2, 0) is 46.7 Å². The van der Waals surface area contributed by atoms with Crippen LogP contribution in [0.5, 0.6) is 23.0 Å². The predicted molar refractivity (Wildman–Crippen MR) is 228 cm³/mol. The van der Waals surface area contributed by atoms with E-state index in [9.17, 15) is 67.9 Å². The van der Waals surface area contributed by atoms with Gasteiger partial charge < -0.3 is 64.8 Å². The van der Waals surface area contributed by atoms with E-state index >= 15 is 0 Å². The minimum atomic E-state index is -5.85. The first-order valence-corrected chi connectivity index (χ1v) is 24.6. The number of phenols is 2. The second-order valence-electron chi connectivity index (χ2n) is 15.3. The molecule has 0 saturated carbocycles. The number of aliphatic hydroxyl groups is 2. The van der Waals surface area contributed by atoms with Crippen LogP contribution in [0.1, 0.15) is 74.9 Å². The number of ether oxygens (including phenoxy) is 3. The molecular formula is C39H41N4O22P3. The molecule has 7 rings (SSSR count). The molecule has 6 atom stereocenters. The van der Waals surface area contributed by atoms with Gasteiger partial charge in [-0.3, -0.25) is 28.5 Å². The standard InChI is InChI=1S/C39H41N4O22P3/c44-22-8-11-26-28(16-22)61-29-17-23(45)9-12-27(29)39(26)25-10-7-20(15-24(25)37(51)63-39)34(49)41-13-3-1-2-6-31(46)40-14-4-5-21-18-43(38(52)42-35(21)50)36-33(48)32(47)30(62-36)19-60-67(56,57)65-68(58,59)64-66(53,54)55/h4-5,7-12,15-18,30,32-33,36,44-45,47-48H,1-3,6,13-14,19H2,(H,40,46)(H,41,49)(H,56,57)(H,58,59)(H,42,50,52)(H2,53,54,55)/b5-4+/t30-,32-,33-,36-/m1/s1. The third-order valence-electron chi connectivity index (χ3n) is 10.5. The van der Waals surface area contributed by atoms with Gasteiger partial charge in [-0.15, -0.1) is 0 Å². The first-order chi connectivity index (χ1) is 32.0. The van der Waals surface area contributed by atoms with Crippen molar-refractivity contribution in [2.75, 3.05) is 19.7 Å². The van der Waals surface area contributed by atoms with E-state index in [-0.39, 0.29) is 65.1 Å². The molecule has 3 aromatic carbocycles. The first-order valence-electron chi connectivity index (χ1n) is 20.1. The van der Waals surface area contributed by atoms with Gasteiger partial charge in [0.1, 0.15) is 41.3 Å². The van der Waals surface area contributed by atoms with Gasteiger partial charge in [0.05, 0.1) is 17.7 Å². The summed E-state index contributed by atoms with van der Waals surface area (Å²) in [5.41, 5.74) is -2.01. The van der Waals surface area contributed by atoms with E-state index in [1.165, 1.54) is 42.5 Å². The molecule has 1 aromatic heterocycles. The number of hydrogen-bond donors (Lipinski definition) is 11. The topological polar surface area (TPSA) is 399 Å². The quantitative estimate of drug-likeness (QED) is 0.0383. The van der Waals surface area contributed by atoms with Crippen LogP contribution in [0, 0.1) is 0 Å². The second kappa shape index (κ2) is 19.7. The summed E-state index contributed by atoms with van der Waals surface area (Å²) in [7, 11) is -17.1. The van der Waals surface area contributed by atoms with Gasteiger partial charge in [-0.05, 0) is 49.2 Å². The summed E-state index contributed by atoms with van der Waals surface area (Å²) in [4.78, 5) is 102. The number of carbonyl (C=O) groups excluding carboxylic acids is 3. The smallest absolute Gasteiger partial charge is 0.490 e. The van der Waals surface area contributed by atoms with Crippen LogP contribution < -0.4 is 26.6 Å². The highest BCUT2D eigenvalue weighted by atomic mass is 31.3. The number of phosphoric acid groups is 3. The maximum absolute atomic E-state index is 13.4. The van der Waals surface area contributed by atoms with Crippen molar-refractivity contribution in [1.82, 2.24) is 20.2 Å². The van der Waals surface area contributed by atoms with Gasteiger partial charge in [-0.2, -0.15) is 8.62 Å². The molecule has 4 heterocycles. The van der Waals surface area contributed by atoms with E-state index in [2.05, 4.69) is 23.8 Å². The monoisotopic (exact) mass is 1010 g/mol.